The van der Waals surface area contributed by atoms with Gasteiger partial charge in [-0.3, -0.25) is 9.47 Å². The Morgan fingerprint density at radius 1 is 0.974 bits per heavy atom. The van der Waals surface area contributed by atoms with E-state index in [1.807, 2.05) is 6.07 Å². The Morgan fingerprint density at radius 3 is 2.29 bits per heavy atom. The van der Waals surface area contributed by atoms with Gasteiger partial charge in [0, 0.05) is 69.0 Å². The van der Waals surface area contributed by atoms with Gasteiger partial charge in [0.15, 0.2) is 0 Å². The van der Waals surface area contributed by atoms with Gasteiger partial charge in [-0.05, 0) is 60.4 Å². The van der Waals surface area contributed by atoms with Gasteiger partial charge < -0.3 is 14.6 Å². The maximum absolute atomic E-state index is 14.9. The molecule has 2 aromatic heterocycles. The van der Waals surface area contributed by atoms with Crippen molar-refractivity contribution in [2.24, 2.45) is 7.05 Å². The van der Waals surface area contributed by atoms with Gasteiger partial charge in [0.05, 0.1) is 10.7 Å². The lowest BCUT2D eigenvalue weighted by Crippen LogP contribution is -2.52. The second-order valence-corrected chi connectivity index (χ2v) is 10.5. The summed E-state index contributed by atoms with van der Waals surface area (Å²) in [5.74, 6) is 0.306. The summed E-state index contributed by atoms with van der Waals surface area (Å²) >= 11 is 6.53. The van der Waals surface area contributed by atoms with Crippen LogP contribution in [-0.4, -0.2) is 56.3 Å². The third-order valence-electron chi connectivity index (χ3n) is 7.83. The van der Waals surface area contributed by atoms with Crippen LogP contribution in [-0.2, 0) is 7.05 Å². The summed E-state index contributed by atoms with van der Waals surface area (Å²) in [6.07, 6.45) is 8.91. The number of benzene rings is 2. The molecular weight excluding hydrogens is 505 g/mol. The molecule has 0 unspecified atom stereocenters. The van der Waals surface area contributed by atoms with Crippen LogP contribution in [0.25, 0.3) is 27.9 Å². The van der Waals surface area contributed by atoms with Crippen molar-refractivity contribution in [2.75, 3.05) is 31.1 Å². The molecule has 1 N–H and O–H groups in total. The monoisotopic (exact) mass is 533 g/mol. The highest BCUT2D eigenvalue weighted by molar-refractivity contribution is 6.32. The Labute approximate surface area is 225 Å². The van der Waals surface area contributed by atoms with Crippen LogP contribution in [0.1, 0.15) is 19.3 Å². The van der Waals surface area contributed by atoms with E-state index in [4.69, 9.17) is 11.6 Å². The smallest absolute Gasteiger partial charge is 0.332 e. The normalized spacial score (nSPS) is 16.6. The SMILES string of the molecule is Cn1ccn(-c2ccc(-c3cc(F)cc(-c4ccnc(N5CCN(C6CCC6)CC5)c4)c3O)cc2Cl)c1=O. The van der Waals surface area contributed by atoms with Crippen molar-refractivity contribution in [2.45, 2.75) is 25.3 Å². The van der Waals surface area contributed by atoms with E-state index in [1.165, 1.54) is 40.5 Å². The number of aromatic hydroxyl groups is 1. The molecule has 1 aliphatic heterocycles. The summed E-state index contributed by atoms with van der Waals surface area (Å²) in [6.45, 7) is 3.81. The van der Waals surface area contributed by atoms with Crippen molar-refractivity contribution < 1.29 is 9.50 Å². The molecule has 6 rings (SSSR count). The Morgan fingerprint density at radius 2 is 1.68 bits per heavy atom. The maximum atomic E-state index is 14.9. The van der Waals surface area contributed by atoms with Gasteiger partial charge >= 0.3 is 5.69 Å². The van der Waals surface area contributed by atoms with Gasteiger partial charge in [-0.25, -0.2) is 14.2 Å². The molecule has 3 heterocycles. The minimum absolute atomic E-state index is 0.0425. The first-order valence-corrected chi connectivity index (χ1v) is 13.3. The minimum atomic E-state index is -0.472. The van der Waals surface area contributed by atoms with Gasteiger partial charge in [0.25, 0.3) is 0 Å². The van der Waals surface area contributed by atoms with Gasteiger partial charge in [-0.1, -0.05) is 24.1 Å². The second-order valence-electron chi connectivity index (χ2n) is 10.1. The molecule has 0 amide bonds. The van der Waals surface area contributed by atoms with Gasteiger partial charge in [0.2, 0.25) is 0 Å². The third-order valence-corrected chi connectivity index (χ3v) is 8.13. The fraction of sp³-hybridized carbons (Fsp3) is 0.310. The van der Waals surface area contributed by atoms with E-state index in [9.17, 15) is 14.3 Å². The number of imidazole rings is 1. The zero-order valence-electron chi connectivity index (χ0n) is 21.1. The Hall–Kier alpha value is -3.62. The lowest BCUT2D eigenvalue weighted by atomic mass is 9.91. The predicted molar refractivity (Wildman–Crippen MR) is 148 cm³/mol. The Bertz CT molecular complexity index is 1550. The van der Waals surface area contributed by atoms with Crippen LogP contribution in [0.5, 0.6) is 5.75 Å². The minimum Gasteiger partial charge on any atom is -0.507 e. The van der Waals surface area contributed by atoms with E-state index in [1.54, 1.807) is 49.9 Å². The van der Waals surface area contributed by atoms with Crippen molar-refractivity contribution in [3.63, 3.8) is 0 Å². The number of hydrogen-bond acceptors (Lipinski definition) is 5. The topological polar surface area (TPSA) is 66.5 Å². The number of phenolic OH excluding ortho intramolecular Hbond substituents is 1. The molecule has 0 spiro atoms. The molecular formula is C29H29ClFN5O2. The fourth-order valence-corrected chi connectivity index (χ4v) is 5.66. The quantitative estimate of drug-likeness (QED) is 0.388. The van der Waals surface area contributed by atoms with Crippen molar-refractivity contribution in [3.8, 4) is 33.7 Å². The lowest BCUT2D eigenvalue weighted by Gasteiger charge is -2.43. The number of anilines is 1. The number of rotatable bonds is 5. The van der Waals surface area contributed by atoms with Gasteiger partial charge in [0.1, 0.15) is 17.4 Å². The first kappa shape index (κ1) is 24.7. The first-order chi connectivity index (χ1) is 18.4. The average Bonchev–Trinajstić information content (AvgIpc) is 3.22. The van der Waals surface area contributed by atoms with Crippen molar-refractivity contribution in [1.82, 2.24) is 19.0 Å². The van der Waals surface area contributed by atoms with E-state index in [0.717, 1.165) is 38.0 Å². The molecule has 2 aliphatic rings. The van der Waals surface area contributed by atoms with Crippen molar-refractivity contribution >= 4 is 17.4 Å². The molecule has 9 heteroatoms. The van der Waals surface area contributed by atoms with Crippen LogP contribution in [0, 0.1) is 5.82 Å². The molecule has 7 nitrogen and oxygen atoms in total. The number of halogens is 2. The van der Waals surface area contributed by atoms with Crippen LogP contribution < -0.4 is 10.6 Å². The van der Waals surface area contributed by atoms with E-state index in [0.29, 0.717) is 33.0 Å². The standard InChI is InChI=1S/C29H29ClFN5O2/c1-33-9-14-36(29(33)38)26-6-5-19(15-25(26)30)23-17-21(31)18-24(28(23)37)20-7-8-32-27(16-20)35-12-10-34(11-13-35)22-3-2-4-22/h5-9,14-18,22,37H,2-4,10-13H2,1H3. The predicted octanol–water partition coefficient (Wildman–Crippen LogP) is 5.08. The summed E-state index contributed by atoms with van der Waals surface area (Å²) in [4.78, 5) is 21.7. The van der Waals surface area contributed by atoms with Crippen LogP contribution in [0.15, 0.2) is 65.8 Å². The maximum Gasteiger partial charge on any atom is 0.332 e. The average molecular weight is 534 g/mol. The molecule has 4 aromatic rings. The number of nitrogens with zero attached hydrogens (tertiary/aromatic N) is 5. The van der Waals surface area contributed by atoms with Crippen LogP contribution in [0.4, 0.5) is 10.2 Å². The zero-order chi connectivity index (χ0) is 26.4. The van der Waals surface area contributed by atoms with Crippen LogP contribution >= 0.6 is 11.6 Å². The first-order valence-electron chi connectivity index (χ1n) is 12.9. The number of piperazine rings is 1. The number of phenols is 1. The zero-order valence-corrected chi connectivity index (χ0v) is 21.9. The molecule has 2 fully saturated rings. The summed E-state index contributed by atoms with van der Waals surface area (Å²) in [6, 6.07) is 12.1. The number of pyridine rings is 1. The number of aromatic nitrogens is 3. The van der Waals surface area contributed by atoms with E-state index < -0.39 is 5.82 Å². The summed E-state index contributed by atoms with van der Waals surface area (Å²) in [7, 11) is 1.66. The Kier molecular flexibility index (Phi) is 6.45. The molecule has 1 saturated heterocycles. The summed E-state index contributed by atoms with van der Waals surface area (Å²) in [5, 5.41) is 11.6. The highest BCUT2D eigenvalue weighted by atomic mass is 35.5. The molecule has 0 atom stereocenters. The summed E-state index contributed by atoms with van der Waals surface area (Å²) in [5.41, 5.74) is 2.22. The molecule has 1 saturated carbocycles. The van der Waals surface area contributed by atoms with Gasteiger partial charge in [-0.2, -0.15) is 0 Å². The second kappa shape index (κ2) is 9.93. The molecule has 196 valence electrons. The highest BCUT2D eigenvalue weighted by Gasteiger charge is 2.28. The molecule has 2 aromatic carbocycles. The van der Waals surface area contributed by atoms with Crippen molar-refractivity contribution in [3.05, 3.63) is 82.4 Å². The highest BCUT2D eigenvalue weighted by Crippen LogP contribution is 2.41. The lowest BCUT2D eigenvalue weighted by molar-refractivity contribution is 0.120. The van der Waals surface area contributed by atoms with Crippen LogP contribution in [0.3, 0.4) is 0 Å². The van der Waals surface area contributed by atoms with Crippen LogP contribution in [0.2, 0.25) is 5.02 Å². The molecule has 38 heavy (non-hydrogen) atoms. The van der Waals surface area contributed by atoms with E-state index in [-0.39, 0.29) is 11.4 Å². The summed E-state index contributed by atoms with van der Waals surface area (Å²) < 4.78 is 17.8. The van der Waals surface area contributed by atoms with E-state index >= 15 is 0 Å². The molecule has 1 aliphatic carbocycles. The van der Waals surface area contributed by atoms with E-state index in [2.05, 4.69) is 14.8 Å². The largest absolute Gasteiger partial charge is 0.507 e. The van der Waals surface area contributed by atoms with Crippen molar-refractivity contribution in [1.29, 1.82) is 0 Å². The molecule has 0 radical (unpaired) electrons. The fourth-order valence-electron chi connectivity index (χ4n) is 5.38. The van der Waals surface area contributed by atoms with Gasteiger partial charge in [-0.15, -0.1) is 0 Å². The molecule has 0 bridgehead atoms. The number of aryl methyl sites for hydroxylation is 1. The Balaban J connectivity index is 1.30. The number of hydrogen-bond donors (Lipinski definition) is 1. The third kappa shape index (κ3) is 4.48.